The van der Waals surface area contributed by atoms with Gasteiger partial charge in [0.1, 0.15) is 0 Å². The van der Waals surface area contributed by atoms with Crippen LogP contribution in [0.2, 0.25) is 0 Å². The number of hydrogen-bond acceptors (Lipinski definition) is 3. The first-order chi connectivity index (χ1) is 9.55. The molecule has 1 aromatic carbocycles. The summed E-state index contributed by atoms with van der Waals surface area (Å²) in [6.07, 6.45) is 2.63. The molecule has 0 saturated carbocycles. The van der Waals surface area contributed by atoms with Gasteiger partial charge in [0.05, 0.1) is 18.3 Å². The minimum atomic E-state index is -0.128. The fourth-order valence-electron chi connectivity index (χ4n) is 2.73. The van der Waals surface area contributed by atoms with Gasteiger partial charge in [-0.1, -0.05) is 30.3 Å². The van der Waals surface area contributed by atoms with E-state index in [0.717, 1.165) is 45.5 Å². The SMILES string of the molecule is CC(C)(Cc1ccccc1)OCCN1CCC(O)CC1. The normalized spacial score (nSPS) is 18.4. The zero-order valence-electron chi connectivity index (χ0n) is 12.7. The highest BCUT2D eigenvalue weighted by Crippen LogP contribution is 2.17. The van der Waals surface area contributed by atoms with Crippen molar-refractivity contribution in [3.05, 3.63) is 35.9 Å². The fraction of sp³-hybridized carbons (Fsp3) is 0.647. The predicted molar refractivity (Wildman–Crippen MR) is 81.9 cm³/mol. The maximum Gasteiger partial charge on any atom is 0.0667 e. The van der Waals surface area contributed by atoms with E-state index in [1.54, 1.807) is 0 Å². The average Bonchev–Trinajstić information content (AvgIpc) is 2.41. The minimum absolute atomic E-state index is 0.0957. The molecule has 1 aliphatic heterocycles. The molecule has 0 amide bonds. The van der Waals surface area contributed by atoms with Crippen LogP contribution >= 0.6 is 0 Å². The molecule has 0 aliphatic carbocycles. The van der Waals surface area contributed by atoms with E-state index in [-0.39, 0.29) is 11.7 Å². The van der Waals surface area contributed by atoms with E-state index >= 15 is 0 Å². The minimum Gasteiger partial charge on any atom is -0.393 e. The number of piperidine rings is 1. The molecule has 3 nitrogen and oxygen atoms in total. The third-order valence-electron chi connectivity index (χ3n) is 3.93. The van der Waals surface area contributed by atoms with Crippen LogP contribution in [0.1, 0.15) is 32.3 Å². The highest BCUT2D eigenvalue weighted by atomic mass is 16.5. The fourth-order valence-corrected chi connectivity index (χ4v) is 2.73. The molecule has 0 spiro atoms. The zero-order chi connectivity index (χ0) is 14.4. The Balaban J connectivity index is 1.69. The molecule has 3 heteroatoms. The highest BCUT2D eigenvalue weighted by molar-refractivity contribution is 5.16. The Kier molecular flexibility index (Phi) is 5.58. The van der Waals surface area contributed by atoms with Gasteiger partial charge in [-0.3, -0.25) is 0 Å². The molecule has 20 heavy (non-hydrogen) atoms. The molecular weight excluding hydrogens is 250 g/mol. The largest absolute Gasteiger partial charge is 0.393 e. The maximum absolute atomic E-state index is 9.49. The molecule has 112 valence electrons. The lowest BCUT2D eigenvalue weighted by molar-refractivity contribution is -0.0313. The first kappa shape index (κ1) is 15.5. The second-order valence-corrected chi connectivity index (χ2v) is 6.34. The number of likely N-dealkylation sites (tertiary alicyclic amines) is 1. The van der Waals surface area contributed by atoms with E-state index in [4.69, 9.17) is 4.74 Å². The summed E-state index contributed by atoms with van der Waals surface area (Å²) in [4.78, 5) is 2.38. The Hall–Kier alpha value is -0.900. The number of nitrogens with zero attached hydrogens (tertiary/aromatic N) is 1. The Morgan fingerprint density at radius 2 is 1.85 bits per heavy atom. The quantitative estimate of drug-likeness (QED) is 0.867. The van der Waals surface area contributed by atoms with Crippen molar-refractivity contribution in [1.82, 2.24) is 4.90 Å². The molecule has 1 N–H and O–H groups in total. The lowest BCUT2D eigenvalue weighted by atomic mass is 9.98. The third-order valence-corrected chi connectivity index (χ3v) is 3.93. The molecule has 0 unspecified atom stereocenters. The molecule has 0 bridgehead atoms. The summed E-state index contributed by atoms with van der Waals surface area (Å²) < 4.78 is 6.06. The van der Waals surface area contributed by atoms with E-state index in [9.17, 15) is 5.11 Å². The van der Waals surface area contributed by atoms with E-state index < -0.39 is 0 Å². The molecule has 1 saturated heterocycles. The lowest BCUT2D eigenvalue weighted by Crippen LogP contribution is -2.39. The summed E-state index contributed by atoms with van der Waals surface area (Å²) in [5.74, 6) is 0. The molecule has 1 aromatic rings. The van der Waals surface area contributed by atoms with Crippen LogP contribution in [-0.4, -0.2) is 48.0 Å². The van der Waals surface area contributed by atoms with Gasteiger partial charge in [-0.2, -0.15) is 0 Å². The maximum atomic E-state index is 9.49. The van der Waals surface area contributed by atoms with E-state index in [1.165, 1.54) is 5.56 Å². The van der Waals surface area contributed by atoms with Gasteiger partial charge in [0.2, 0.25) is 0 Å². The molecule has 1 fully saturated rings. The van der Waals surface area contributed by atoms with Gasteiger partial charge in [-0.15, -0.1) is 0 Å². The predicted octanol–water partition coefficient (Wildman–Crippen LogP) is 2.48. The summed E-state index contributed by atoms with van der Waals surface area (Å²) in [7, 11) is 0. The smallest absolute Gasteiger partial charge is 0.0667 e. The topological polar surface area (TPSA) is 32.7 Å². The van der Waals surface area contributed by atoms with Crippen LogP contribution in [-0.2, 0) is 11.2 Å². The number of hydrogen-bond donors (Lipinski definition) is 1. The van der Waals surface area contributed by atoms with Gasteiger partial charge in [0.25, 0.3) is 0 Å². The molecule has 1 aliphatic rings. The van der Waals surface area contributed by atoms with Crippen LogP contribution in [0, 0.1) is 0 Å². The van der Waals surface area contributed by atoms with Crippen LogP contribution in [0.25, 0.3) is 0 Å². The van der Waals surface area contributed by atoms with Crippen LogP contribution in [0.4, 0.5) is 0 Å². The molecule has 0 atom stereocenters. The standard InChI is InChI=1S/C17H27NO2/c1-17(2,14-15-6-4-3-5-7-15)20-13-12-18-10-8-16(19)9-11-18/h3-7,16,19H,8-14H2,1-2H3. The van der Waals surface area contributed by atoms with Gasteiger partial charge in [0.15, 0.2) is 0 Å². The summed E-state index contributed by atoms with van der Waals surface area (Å²) in [6.45, 7) is 8.01. The van der Waals surface area contributed by atoms with E-state index in [0.29, 0.717) is 0 Å². The third kappa shape index (κ3) is 5.23. The first-order valence-corrected chi connectivity index (χ1v) is 7.63. The van der Waals surface area contributed by atoms with Crippen molar-refractivity contribution in [3.8, 4) is 0 Å². The molecule has 2 rings (SSSR count). The number of rotatable bonds is 6. The average molecular weight is 277 g/mol. The second-order valence-electron chi connectivity index (χ2n) is 6.34. The van der Waals surface area contributed by atoms with Crippen molar-refractivity contribution in [3.63, 3.8) is 0 Å². The van der Waals surface area contributed by atoms with Gasteiger partial charge < -0.3 is 14.7 Å². The van der Waals surface area contributed by atoms with Crippen LogP contribution in [0.3, 0.4) is 0 Å². The van der Waals surface area contributed by atoms with Crippen LogP contribution in [0.5, 0.6) is 0 Å². The van der Waals surface area contributed by atoms with E-state index in [1.807, 2.05) is 6.07 Å². The van der Waals surface area contributed by atoms with Gasteiger partial charge in [0, 0.05) is 26.1 Å². The number of aliphatic hydroxyl groups excluding tert-OH is 1. The summed E-state index contributed by atoms with van der Waals surface area (Å²) >= 11 is 0. The van der Waals surface area contributed by atoms with Crippen molar-refractivity contribution < 1.29 is 9.84 Å². The first-order valence-electron chi connectivity index (χ1n) is 7.63. The molecule has 0 aromatic heterocycles. The number of aliphatic hydroxyl groups is 1. The van der Waals surface area contributed by atoms with Crippen molar-refractivity contribution in [2.24, 2.45) is 0 Å². The van der Waals surface area contributed by atoms with Gasteiger partial charge in [-0.25, -0.2) is 0 Å². The van der Waals surface area contributed by atoms with Gasteiger partial charge >= 0.3 is 0 Å². The highest BCUT2D eigenvalue weighted by Gasteiger charge is 2.21. The Morgan fingerprint density at radius 1 is 1.20 bits per heavy atom. The van der Waals surface area contributed by atoms with Crippen molar-refractivity contribution in [2.45, 2.75) is 44.8 Å². The molecule has 1 heterocycles. The van der Waals surface area contributed by atoms with Crippen molar-refractivity contribution in [1.29, 1.82) is 0 Å². The number of ether oxygens (including phenoxy) is 1. The molecular formula is C17H27NO2. The van der Waals surface area contributed by atoms with E-state index in [2.05, 4.69) is 43.0 Å². The Morgan fingerprint density at radius 3 is 2.50 bits per heavy atom. The monoisotopic (exact) mass is 277 g/mol. The summed E-state index contributed by atoms with van der Waals surface area (Å²) in [5, 5.41) is 9.49. The molecule has 0 radical (unpaired) electrons. The Labute approximate surface area is 122 Å². The summed E-state index contributed by atoms with van der Waals surface area (Å²) in [6, 6.07) is 10.5. The van der Waals surface area contributed by atoms with Crippen molar-refractivity contribution >= 4 is 0 Å². The Bertz CT molecular complexity index is 383. The summed E-state index contributed by atoms with van der Waals surface area (Å²) in [5.41, 5.74) is 1.19. The van der Waals surface area contributed by atoms with Crippen LogP contribution in [0.15, 0.2) is 30.3 Å². The zero-order valence-corrected chi connectivity index (χ0v) is 12.7. The lowest BCUT2D eigenvalue weighted by Gasteiger charge is -2.31. The second kappa shape index (κ2) is 7.21. The van der Waals surface area contributed by atoms with Gasteiger partial charge in [-0.05, 0) is 32.3 Å². The number of benzene rings is 1. The van der Waals surface area contributed by atoms with Crippen molar-refractivity contribution in [2.75, 3.05) is 26.2 Å². The van der Waals surface area contributed by atoms with Crippen LogP contribution < -0.4 is 0 Å².